The van der Waals surface area contributed by atoms with Crippen LogP contribution in [-0.2, 0) is 4.74 Å². The maximum absolute atomic E-state index is 11.6. The van der Waals surface area contributed by atoms with Crippen LogP contribution < -0.4 is 0 Å². The first-order chi connectivity index (χ1) is 10.4. The van der Waals surface area contributed by atoms with Crippen LogP contribution in [0.4, 0.5) is 4.79 Å². The van der Waals surface area contributed by atoms with E-state index in [-0.39, 0.29) is 6.09 Å². The van der Waals surface area contributed by atoms with Gasteiger partial charge in [0, 0.05) is 13.1 Å². The second kappa shape index (κ2) is 11.1. The fraction of sp³-hybridized carbons (Fsp3) is 0.611. The molecular weight excluding hydrogens is 278 g/mol. The molecule has 0 aromatic heterocycles. The molecule has 1 aromatic rings. The van der Waals surface area contributed by atoms with Crippen molar-refractivity contribution in [1.29, 1.82) is 0 Å². The number of benzene rings is 1. The summed E-state index contributed by atoms with van der Waals surface area (Å²) in [5.74, 6) is 0. The molecule has 1 amide bonds. The third kappa shape index (κ3) is 10.2. The molecule has 0 radical (unpaired) electrons. The Balaban J connectivity index is 0.000000457. The van der Waals surface area contributed by atoms with Gasteiger partial charge in [-0.3, -0.25) is 0 Å². The van der Waals surface area contributed by atoms with E-state index in [0.29, 0.717) is 13.1 Å². The number of amides is 1. The van der Waals surface area contributed by atoms with Crippen LogP contribution in [-0.4, -0.2) is 40.9 Å². The van der Waals surface area contributed by atoms with E-state index in [9.17, 15) is 9.90 Å². The number of ether oxygens (including phenoxy) is 1. The average molecular weight is 309 g/mol. The number of carbonyl (C=O) groups excluding carboxylic acids is 1. The van der Waals surface area contributed by atoms with Gasteiger partial charge in [-0.2, -0.15) is 0 Å². The molecule has 0 saturated carbocycles. The van der Waals surface area contributed by atoms with Gasteiger partial charge >= 0.3 is 6.09 Å². The predicted molar refractivity (Wildman–Crippen MR) is 90.8 cm³/mol. The smallest absolute Gasteiger partial charge is 0.410 e. The molecule has 22 heavy (non-hydrogen) atoms. The van der Waals surface area contributed by atoms with Gasteiger partial charge < -0.3 is 14.7 Å². The zero-order valence-corrected chi connectivity index (χ0v) is 14.6. The first-order valence-corrected chi connectivity index (χ1v) is 8.04. The number of likely N-dealkylation sites (tertiary alicyclic amines) is 1. The Morgan fingerprint density at radius 1 is 1.09 bits per heavy atom. The van der Waals surface area contributed by atoms with Crippen LogP contribution in [0.15, 0.2) is 36.4 Å². The van der Waals surface area contributed by atoms with E-state index < -0.39 is 11.7 Å². The molecule has 4 nitrogen and oxygen atoms in total. The normalized spacial score (nSPS) is 17.4. The molecular formula is C18H31NO3. The van der Waals surface area contributed by atoms with Gasteiger partial charge in [-0.05, 0) is 33.6 Å². The maximum atomic E-state index is 11.6. The summed E-state index contributed by atoms with van der Waals surface area (Å²) in [6.07, 6.45) is 0.909. The number of rotatable bonds is 0. The van der Waals surface area contributed by atoms with Crippen molar-refractivity contribution in [2.45, 2.75) is 59.2 Å². The van der Waals surface area contributed by atoms with Gasteiger partial charge in [0.25, 0.3) is 0 Å². The molecule has 0 bridgehead atoms. The van der Waals surface area contributed by atoms with Crippen LogP contribution in [0, 0.1) is 0 Å². The summed E-state index contributed by atoms with van der Waals surface area (Å²) in [5.41, 5.74) is -0.459. The van der Waals surface area contributed by atoms with E-state index >= 15 is 0 Å². The Hall–Kier alpha value is -1.55. The maximum Gasteiger partial charge on any atom is 0.410 e. The van der Waals surface area contributed by atoms with Gasteiger partial charge in [0.05, 0.1) is 6.10 Å². The predicted octanol–water partition coefficient (Wildman–Crippen LogP) is 4.09. The van der Waals surface area contributed by atoms with Crippen LogP contribution in [0.1, 0.15) is 47.5 Å². The van der Waals surface area contributed by atoms with Crippen LogP contribution in [0.3, 0.4) is 0 Å². The molecule has 1 aromatic carbocycles. The number of hydrogen-bond donors (Lipinski definition) is 1. The Labute approximate surface area is 135 Å². The summed E-state index contributed by atoms with van der Waals surface area (Å²) in [5, 5.41) is 9.38. The van der Waals surface area contributed by atoms with Crippen LogP contribution in [0.25, 0.3) is 0 Å². The molecule has 126 valence electrons. The molecule has 0 aliphatic carbocycles. The Morgan fingerprint density at radius 2 is 1.55 bits per heavy atom. The van der Waals surface area contributed by atoms with Crippen molar-refractivity contribution >= 4 is 6.09 Å². The molecule has 1 aliphatic heterocycles. The summed E-state index contributed by atoms with van der Waals surface area (Å²) in [6.45, 7) is 10.6. The fourth-order valence-electron chi connectivity index (χ4n) is 1.83. The van der Waals surface area contributed by atoms with Crippen molar-refractivity contribution in [2.75, 3.05) is 13.1 Å². The minimum absolute atomic E-state index is 0.323. The van der Waals surface area contributed by atoms with E-state index in [1.54, 1.807) is 4.90 Å². The Morgan fingerprint density at radius 3 is 1.91 bits per heavy atom. The standard InChI is InChI=1S/C10H19NO3.C6H6.C2H6/c1-10(2,3)14-9(13)11-6-4-5-8(12)7-11;1-2-4-6-5-3-1;1-2/h8,12H,4-7H2,1-3H3;1-6H;1-2H3. The molecule has 2 rings (SSSR count). The second-order valence-corrected chi connectivity index (χ2v) is 5.88. The van der Waals surface area contributed by atoms with E-state index in [0.717, 1.165) is 12.8 Å². The van der Waals surface area contributed by atoms with E-state index in [1.807, 2.05) is 71.0 Å². The van der Waals surface area contributed by atoms with Gasteiger partial charge in [-0.1, -0.05) is 50.2 Å². The molecule has 1 unspecified atom stereocenters. The third-order valence-electron chi connectivity index (χ3n) is 2.71. The van der Waals surface area contributed by atoms with Crippen molar-refractivity contribution in [3.05, 3.63) is 36.4 Å². The monoisotopic (exact) mass is 309 g/mol. The van der Waals surface area contributed by atoms with Gasteiger partial charge in [0.1, 0.15) is 5.60 Å². The fourth-order valence-corrected chi connectivity index (χ4v) is 1.83. The summed E-state index contributed by atoms with van der Waals surface area (Å²) in [7, 11) is 0. The SMILES string of the molecule is CC.CC(C)(C)OC(=O)N1CCCC(O)C1.c1ccccc1. The second-order valence-electron chi connectivity index (χ2n) is 5.88. The summed E-state index contributed by atoms with van der Waals surface area (Å²) in [4.78, 5) is 13.1. The number of piperidine rings is 1. The molecule has 1 N–H and O–H groups in total. The first-order valence-electron chi connectivity index (χ1n) is 8.04. The molecule has 1 aliphatic rings. The number of nitrogens with zero attached hydrogens (tertiary/aromatic N) is 1. The molecule has 4 heteroatoms. The summed E-state index contributed by atoms with van der Waals surface area (Å²) < 4.78 is 5.20. The molecule has 0 spiro atoms. The third-order valence-corrected chi connectivity index (χ3v) is 2.71. The minimum atomic E-state index is -0.459. The highest BCUT2D eigenvalue weighted by atomic mass is 16.6. The Bertz CT molecular complexity index is 360. The number of hydrogen-bond acceptors (Lipinski definition) is 3. The van der Waals surface area contributed by atoms with Gasteiger partial charge in [0.2, 0.25) is 0 Å². The summed E-state index contributed by atoms with van der Waals surface area (Å²) >= 11 is 0. The highest BCUT2D eigenvalue weighted by Gasteiger charge is 2.26. The molecule has 1 saturated heterocycles. The van der Waals surface area contributed by atoms with Gasteiger partial charge in [-0.15, -0.1) is 0 Å². The zero-order valence-electron chi connectivity index (χ0n) is 14.6. The van der Waals surface area contributed by atoms with Crippen molar-refractivity contribution < 1.29 is 14.6 Å². The quantitative estimate of drug-likeness (QED) is 0.785. The van der Waals surface area contributed by atoms with Gasteiger partial charge in [-0.25, -0.2) is 4.79 Å². The Kier molecular flexibility index (Phi) is 10.3. The number of β-amino-alcohol motifs (C(OH)–C–C–N with tert-alkyl or cyclic N) is 1. The lowest BCUT2D eigenvalue weighted by Crippen LogP contribution is -2.44. The zero-order chi connectivity index (χ0) is 17.0. The van der Waals surface area contributed by atoms with Crippen molar-refractivity contribution in [1.82, 2.24) is 4.90 Å². The first kappa shape index (κ1) is 20.5. The largest absolute Gasteiger partial charge is 0.444 e. The topological polar surface area (TPSA) is 49.8 Å². The van der Waals surface area contributed by atoms with Gasteiger partial charge in [0.15, 0.2) is 0 Å². The van der Waals surface area contributed by atoms with Crippen molar-refractivity contribution in [3.8, 4) is 0 Å². The van der Waals surface area contributed by atoms with Crippen molar-refractivity contribution in [2.24, 2.45) is 0 Å². The van der Waals surface area contributed by atoms with E-state index in [2.05, 4.69) is 0 Å². The number of carbonyl (C=O) groups is 1. The minimum Gasteiger partial charge on any atom is -0.444 e. The van der Waals surface area contributed by atoms with Crippen LogP contribution in [0.2, 0.25) is 0 Å². The lowest BCUT2D eigenvalue weighted by Gasteiger charge is -2.32. The van der Waals surface area contributed by atoms with Crippen molar-refractivity contribution in [3.63, 3.8) is 0 Å². The van der Waals surface area contributed by atoms with Crippen LogP contribution in [0.5, 0.6) is 0 Å². The highest BCUT2D eigenvalue weighted by Crippen LogP contribution is 2.14. The number of aliphatic hydroxyl groups excluding tert-OH is 1. The molecule has 1 fully saturated rings. The van der Waals surface area contributed by atoms with E-state index in [1.165, 1.54) is 0 Å². The number of aliphatic hydroxyl groups is 1. The van der Waals surface area contributed by atoms with E-state index in [4.69, 9.17) is 4.74 Å². The molecule has 1 heterocycles. The highest BCUT2D eigenvalue weighted by molar-refractivity contribution is 5.68. The molecule has 1 atom stereocenters. The summed E-state index contributed by atoms with van der Waals surface area (Å²) in [6, 6.07) is 12.0. The van der Waals surface area contributed by atoms with Crippen LogP contribution >= 0.6 is 0 Å². The lowest BCUT2D eigenvalue weighted by molar-refractivity contribution is 0.00391. The lowest BCUT2D eigenvalue weighted by atomic mass is 10.1. The average Bonchev–Trinajstić information content (AvgIpc) is 2.50.